The molecule has 0 radical (unpaired) electrons. The standard InChI is InChI=1S/C10H21NO4S/c1-14-4-5-15-9-10(12)8-11-2-6-16(13)7-3-11/h10,12H,2-9H2,1H3. The molecule has 1 fully saturated rings. The number of hydrogen-bond donors (Lipinski definition) is 1. The Morgan fingerprint density at radius 2 is 2.06 bits per heavy atom. The van der Waals surface area contributed by atoms with Gasteiger partial charge in [-0.15, -0.1) is 0 Å². The minimum atomic E-state index is -0.655. The molecule has 1 aliphatic rings. The molecule has 0 amide bonds. The van der Waals surface area contributed by atoms with Crippen molar-refractivity contribution in [3.63, 3.8) is 0 Å². The summed E-state index contributed by atoms with van der Waals surface area (Å²) in [6.45, 7) is 3.61. The van der Waals surface area contributed by atoms with E-state index in [1.165, 1.54) is 0 Å². The van der Waals surface area contributed by atoms with Crippen LogP contribution in [-0.4, -0.2) is 78.4 Å². The first-order valence-corrected chi connectivity index (χ1v) is 7.03. The summed E-state index contributed by atoms with van der Waals surface area (Å²) in [4.78, 5) is 2.13. The highest BCUT2D eigenvalue weighted by atomic mass is 32.2. The summed E-state index contributed by atoms with van der Waals surface area (Å²) in [5.74, 6) is 1.44. The summed E-state index contributed by atoms with van der Waals surface area (Å²) in [5.41, 5.74) is 0. The molecule has 96 valence electrons. The zero-order valence-corrected chi connectivity index (χ0v) is 10.6. The molecule has 0 aromatic carbocycles. The van der Waals surface area contributed by atoms with Crippen molar-refractivity contribution in [2.24, 2.45) is 0 Å². The van der Waals surface area contributed by atoms with Crippen molar-refractivity contribution in [1.29, 1.82) is 0 Å². The van der Waals surface area contributed by atoms with Crippen LogP contribution in [0.2, 0.25) is 0 Å². The van der Waals surface area contributed by atoms with Crippen LogP contribution in [0.1, 0.15) is 0 Å². The van der Waals surface area contributed by atoms with E-state index in [-0.39, 0.29) is 0 Å². The normalized spacial score (nSPS) is 21.1. The van der Waals surface area contributed by atoms with Gasteiger partial charge < -0.3 is 14.6 Å². The second-order valence-electron chi connectivity index (χ2n) is 3.87. The van der Waals surface area contributed by atoms with E-state index >= 15 is 0 Å². The monoisotopic (exact) mass is 251 g/mol. The van der Waals surface area contributed by atoms with E-state index < -0.39 is 16.9 Å². The Bertz CT molecular complexity index is 205. The Balaban J connectivity index is 2.04. The Kier molecular flexibility index (Phi) is 7.15. The van der Waals surface area contributed by atoms with E-state index in [0.717, 1.165) is 24.6 Å². The summed E-state index contributed by atoms with van der Waals surface area (Å²) in [6, 6.07) is 0. The Morgan fingerprint density at radius 3 is 2.69 bits per heavy atom. The molecule has 1 rings (SSSR count). The zero-order chi connectivity index (χ0) is 11.8. The fourth-order valence-electron chi connectivity index (χ4n) is 1.57. The topological polar surface area (TPSA) is 59.0 Å². The number of rotatable bonds is 7. The van der Waals surface area contributed by atoms with Gasteiger partial charge in [0.2, 0.25) is 0 Å². The maximum Gasteiger partial charge on any atom is 0.0900 e. The van der Waals surface area contributed by atoms with Crippen molar-refractivity contribution in [1.82, 2.24) is 4.90 Å². The largest absolute Gasteiger partial charge is 0.389 e. The number of nitrogens with zero attached hydrogens (tertiary/aromatic N) is 1. The lowest BCUT2D eigenvalue weighted by molar-refractivity contribution is 0.000544. The van der Waals surface area contributed by atoms with Gasteiger partial charge in [-0.25, -0.2) is 0 Å². The molecule has 0 bridgehead atoms. The average molecular weight is 251 g/mol. The van der Waals surface area contributed by atoms with Crippen LogP contribution in [0.15, 0.2) is 0 Å². The fourth-order valence-corrected chi connectivity index (χ4v) is 2.70. The highest BCUT2D eigenvalue weighted by Gasteiger charge is 2.17. The highest BCUT2D eigenvalue weighted by Crippen LogP contribution is 2.01. The number of aliphatic hydroxyl groups excluding tert-OH is 1. The molecule has 0 aromatic rings. The number of hydrogen-bond acceptors (Lipinski definition) is 5. The SMILES string of the molecule is COCCOCC(O)CN1CCS(=O)CC1. The van der Waals surface area contributed by atoms with Crippen molar-refractivity contribution >= 4 is 10.8 Å². The van der Waals surface area contributed by atoms with E-state index in [9.17, 15) is 9.32 Å². The summed E-state index contributed by atoms with van der Waals surface area (Å²) >= 11 is 0. The summed E-state index contributed by atoms with van der Waals surface area (Å²) in [7, 11) is 0.964. The molecule has 1 aliphatic heterocycles. The number of ether oxygens (including phenoxy) is 2. The van der Waals surface area contributed by atoms with Gasteiger partial charge in [0.1, 0.15) is 0 Å². The quantitative estimate of drug-likeness (QED) is 0.593. The third-order valence-electron chi connectivity index (χ3n) is 2.48. The molecule has 0 saturated carbocycles. The predicted molar refractivity (Wildman–Crippen MR) is 63.0 cm³/mol. The highest BCUT2D eigenvalue weighted by molar-refractivity contribution is 7.85. The first-order valence-electron chi connectivity index (χ1n) is 5.54. The summed E-state index contributed by atoms with van der Waals surface area (Å²) < 4.78 is 21.2. The zero-order valence-electron chi connectivity index (χ0n) is 9.76. The van der Waals surface area contributed by atoms with Crippen molar-refractivity contribution in [2.75, 3.05) is 58.1 Å². The molecule has 1 N–H and O–H groups in total. The molecular formula is C10H21NO4S. The molecule has 1 saturated heterocycles. The number of β-amino-alcohol motifs (C(OH)–C–C–N with tert-alkyl or cyclic N) is 1. The van der Waals surface area contributed by atoms with Gasteiger partial charge >= 0.3 is 0 Å². The van der Waals surface area contributed by atoms with E-state index in [2.05, 4.69) is 4.90 Å². The van der Waals surface area contributed by atoms with Crippen LogP contribution in [0.25, 0.3) is 0 Å². The van der Waals surface area contributed by atoms with Gasteiger partial charge in [0, 0.05) is 49.0 Å². The lowest BCUT2D eigenvalue weighted by atomic mass is 10.3. The Morgan fingerprint density at radius 1 is 1.38 bits per heavy atom. The molecule has 6 heteroatoms. The molecule has 0 spiro atoms. The van der Waals surface area contributed by atoms with E-state index in [4.69, 9.17) is 9.47 Å². The third-order valence-corrected chi connectivity index (χ3v) is 3.76. The number of aliphatic hydroxyl groups is 1. The second-order valence-corrected chi connectivity index (χ2v) is 5.57. The van der Waals surface area contributed by atoms with Gasteiger partial charge in [-0.2, -0.15) is 0 Å². The first kappa shape index (κ1) is 14.1. The van der Waals surface area contributed by atoms with Crippen molar-refractivity contribution in [2.45, 2.75) is 6.10 Å². The van der Waals surface area contributed by atoms with Crippen LogP contribution in [0.3, 0.4) is 0 Å². The molecule has 1 unspecified atom stereocenters. The van der Waals surface area contributed by atoms with E-state index in [1.807, 2.05) is 0 Å². The lowest BCUT2D eigenvalue weighted by Crippen LogP contribution is -2.43. The molecule has 1 atom stereocenters. The fraction of sp³-hybridized carbons (Fsp3) is 1.00. The van der Waals surface area contributed by atoms with Gasteiger partial charge in [-0.1, -0.05) is 0 Å². The molecule has 0 aromatic heterocycles. The van der Waals surface area contributed by atoms with Crippen LogP contribution >= 0.6 is 0 Å². The molecule has 0 aliphatic carbocycles. The molecular weight excluding hydrogens is 230 g/mol. The van der Waals surface area contributed by atoms with Gasteiger partial charge in [0.05, 0.1) is 25.9 Å². The van der Waals surface area contributed by atoms with Crippen molar-refractivity contribution < 1.29 is 18.8 Å². The third kappa shape index (κ3) is 5.91. The Labute approximate surface area is 99.2 Å². The summed E-state index contributed by atoms with van der Waals surface area (Å²) in [5, 5.41) is 9.68. The van der Waals surface area contributed by atoms with Crippen molar-refractivity contribution in [3.8, 4) is 0 Å². The van der Waals surface area contributed by atoms with Crippen LogP contribution in [0.5, 0.6) is 0 Å². The van der Waals surface area contributed by atoms with Crippen molar-refractivity contribution in [3.05, 3.63) is 0 Å². The van der Waals surface area contributed by atoms with Gasteiger partial charge in [-0.3, -0.25) is 9.11 Å². The van der Waals surface area contributed by atoms with Crippen LogP contribution in [0, 0.1) is 0 Å². The second kappa shape index (κ2) is 8.14. The minimum Gasteiger partial charge on any atom is -0.389 e. The molecule has 1 heterocycles. The van der Waals surface area contributed by atoms with Gasteiger partial charge in [-0.05, 0) is 0 Å². The molecule has 5 nitrogen and oxygen atoms in total. The van der Waals surface area contributed by atoms with Gasteiger partial charge in [0.15, 0.2) is 0 Å². The minimum absolute atomic E-state index is 0.336. The van der Waals surface area contributed by atoms with Gasteiger partial charge in [0.25, 0.3) is 0 Å². The number of methoxy groups -OCH3 is 1. The van der Waals surface area contributed by atoms with Crippen LogP contribution < -0.4 is 0 Å². The summed E-state index contributed by atoms with van der Waals surface area (Å²) in [6.07, 6.45) is -0.469. The van der Waals surface area contributed by atoms with E-state index in [0.29, 0.717) is 26.4 Å². The predicted octanol–water partition coefficient (Wildman–Crippen LogP) is -0.925. The molecule has 16 heavy (non-hydrogen) atoms. The lowest BCUT2D eigenvalue weighted by Gasteiger charge is -2.27. The maximum atomic E-state index is 11.1. The average Bonchev–Trinajstić information content (AvgIpc) is 2.28. The van der Waals surface area contributed by atoms with E-state index in [1.54, 1.807) is 7.11 Å². The Hall–Kier alpha value is -0.0100. The smallest absolute Gasteiger partial charge is 0.0900 e. The maximum absolute atomic E-state index is 11.1. The van der Waals surface area contributed by atoms with Crippen LogP contribution in [-0.2, 0) is 20.3 Å². The van der Waals surface area contributed by atoms with Crippen LogP contribution in [0.4, 0.5) is 0 Å². The first-order chi connectivity index (χ1) is 7.72.